The standard InChI is InChI=1S/C20H26N2O3S/c1-14-3-7-16(8-4-14)25-17-9-5-15(6-10-17)18-13-26-20(21-18)22(2)12-11-19(23)24/h5-6,9-10,13-14,16H,3-4,7-8,11-12H2,1-2H3,(H,23,24)/t14-,16-. The molecule has 140 valence electrons. The number of nitrogens with zero attached hydrogens (tertiary/aromatic N) is 2. The van der Waals surface area contributed by atoms with E-state index >= 15 is 0 Å². The number of anilines is 1. The van der Waals surface area contributed by atoms with Crippen molar-refractivity contribution < 1.29 is 14.6 Å². The zero-order valence-electron chi connectivity index (χ0n) is 15.4. The molecular formula is C20H26N2O3S. The summed E-state index contributed by atoms with van der Waals surface area (Å²) < 4.78 is 6.11. The van der Waals surface area contributed by atoms with Crippen LogP contribution < -0.4 is 9.64 Å². The summed E-state index contributed by atoms with van der Waals surface area (Å²) in [7, 11) is 1.87. The van der Waals surface area contributed by atoms with Crippen molar-refractivity contribution in [3.63, 3.8) is 0 Å². The summed E-state index contributed by atoms with van der Waals surface area (Å²) in [5, 5.41) is 11.6. The first kappa shape index (κ1) is 18.7. The molecule has 1 heterocycles. The van der Waals surface area contributed by atoms with Crippen molar-refractivity contribution >= 4 is 22.4 Å². The molecule has 1 fully saturated rings. The first-order chi connectivity index (χ1) is 12.5. The number of rotatable bonds is 7. The van der Waals surface area contributed by atoms with Gasteiger partial charge in [0.25, 0.3) is 0 Å². The fraction of sp³-hybridized carbons (Fsp3) is 0.500. The van der Waals surface area contributed by atoms with Crippen LogP contribution in [0.25, 0.3) is 11.3 Å². The molecule has 0 spiro atoms. The molecule has 1 aliphatic carbocycles. The van der Waals surface area contributed by atoms with Gasteiger partial charge < -0.3 is 14.7 Å². The molecule has 1 N–H and O–H groups in total. The Morgan fingerprint density at radius 2 is 1.96 bits per heavy atom. The van der Waals surface area contributed by atoms with E-state index in [0.29, 0.717) is 12.6 Å². The molecule has 0 amide bonds. The normalized spacial score (nSPS) is 19.9. The maximum atomic E-state index is 10.7. The lowest BCUT2D eigenvalue weighted by molar-refractivity contribution is -0.136. The first-order valence-electron chi connectivity index (χ1n) is 9.17. The Morgan fingerprint density at radius 3 is 2.62 bits per heavy atom. The molecule has 5 nitrogen and oxygen atoms in total. The number of thiazole rings is 1. The van der Waals surface area contributed by atoms with Gasteiger partial charge in [0.2, 0.25) is 0 Å². The van der Waals surface area contributed by atoms with Gasteiger partial charge in [0.1, 0.15) is 5.75 Å². The Hall–Kier alpha value is -2.08. The third kappa shape index (κ3) is 4.97. The molecule has 26 heavy (non-hydrogen) atoms. The number of ether oxygens (including phenoxy) is 1. The van der Waals surface area contributed by atoms with Crippen LogP contribution in [0, 0.1) is 5.92 Å². The van der Waals surface area contributed by atoms with Crippen molar-refractivity contribution in [1.29, 1.82) is 0 Å². The lowest BCUT2D eigenvalue weighted by atomic mass is 9.89. The third-order valence-corrected chi connectivity index (χ3v) is 5.85. The van der Waals surface area contributed by atoms with Crippen LogP contribution >= 0.6 is 11.3 Å². The highest BCUT2D eigenvalue weighted by molar-refractivity contribution is 7.14. The lowest BCUT2D eigenvalue weighted by Crippen LogP contribution is -2.22. The van der Waals surface area contributed by atoms with E-state index in [9.17, 15) is 4.79 Å². The van der Waals surface area contributed by atoms with Gasteiger partial charge in [-0.05, 0) is 55.9 Å². The summed E-state index contributed by atoms with van der Waals surface area (Å²) in [5.41, 5.74) is 1.95. The van der Waals surface area contributed by atoms with E-state index in [1.54, 1.807) is 0 Å². The van der Waals surface area contributed by atoms with E-state index in [2.05, 4.69) is 11.9 Å². The summed E-state index contributed by atoms with van der Waals surface area (Å²) in [5.74, 6) is 0.948. The first-order valence-corrected chi connectivity index (χ1v) is 10.0. The fourth-order valence-electron chi connectivity index (χ4n) is 3.18. The fourth-order valence-corrected chi connectivity index (χ4v) is 4.00. The summed E-state index contributed by atoms with van der Waals surface area (Å²) in [6, 6.07) is 8.11. The third-order valence-electron chi connectivity index (χ3n) is 4.90. The summed E-state index contributed by atoms with van der Waals surface area (Å²) in [6.07, 6.45) is 5.23. The van der Waals surface area contributed by atoms with Crippen molar-refractivity contribution in [2.24, 2.45) is 5.92 Å². The van der Waals surface area contributed by atoms with Gasteiger partial charge in [0.05, 0.1) is 18.2 Å². The second kappa shape index (κ2) is 8.54. The van der Waals surface area contributed by atoms with Crippen molar-refractivity contribution in [2.75, 3.05) is 18.5 Å². The number of aromatic nitrogens is 1. The summed E-state index contributed by atoms with van der Waals surface area (Å²) in [4.78, 5) is 17.2. The summed E-state index contributed by atoms with van der Waals surface area (Å²) >= 11 is 1.53. The minimum atomic E-state index is -0.795. The van der Waals surface area contributed by atoms with Crippen molar-refractivity contribution in [3.8, 4) is 17.0 Å². The maximum absolute atomic E-state index is 10.7. The second-order valence-electron chi connectivity index (χ2n) is 7.10. The van der Waals surface area contributed by atoms with Gasteiger partial charge in [-0.3, -0.25) is 4.79 Å². The average molecular weight is 375 g/mol. The van der Waals surface area contributed by atoms with Gasteiger partial charge >= 0.3 is 5.97 Å². The van der Waals surface area contributed by atoms with Crippen molar-refractivity contribution in [1.82, 2.24) is 4.98 Å². The van der Waals surface area contributed by atoms with Gasteiger partial charge in [-0.1, -0.05) is 6.92 Å². The van der Waals surface area contributed by atoms with E-state index in [0.717, 1.165) is 40.9 Å². The second-order valence-corrected chi connectivity index (χ2v) is 7.94. The molecule has 2 aromatic rings. The van der Waals surface area contributed by atoms with Gasteiger partial charge in [-0.2, -0.15) is 0 Å². The van der Waals surface area contributed by atoms with Gasteiger partial charge in [0.15, 0.2) is 5.13 Å². The molecule has 1 aromatic carbocycles. The van der Waals surface area contributed by atoms with Crippen LogP contribution in [0.15, 0.2) is 29.6 Å². The molecule has 0 atom stereocenters. The maximum Gasteiger partial charge on any atom is 0.305 e. The average Bonchev–Trinajstić information content (AvgIpc) is 3.12. The SMILES string of the molecule is CN(CCC(=O)O)c1nc(-c2ccc(O[C@H]3CC[C@H](C)CC3)cc2)cs1. The predicted molar refractivity (Wildman–Crippen MR) is 105 cm³/mol. The van der Waals surface area contributed by atoms with Crippen LogP contribution in [-0.2, 0) is 4.79 Å². The predicted octanol–water partition coefficient (Wildman–Crippen LogP) is 4.68. The monoisotopic (exact) mass is 374 g/mol. The number of carbonyl (C=O) groups is 1. The molecule has 3 rings (SSSR count). The smallest absolute Gasteiger partial charge is 0.305 e. The van der Waals surface area contributed by atoms with Crippen LogP contribution in [0.1, 0.15) is 39.0 Å². The number of aliphatic carboxylic acids is 1. The molecule has 1 aromatic heterocycles. The lowest BCUT2D eigenvalue weighted by Gasteiger charge is -2.26. The number of hydrogen-bond donors (Lipinski definition) is 1. The molecule has 0 unspecified atom stereocenters. The number of carboxylic acid groups (broad SMARTS) is 1. The van der Waals surface area contributed by atoms with Gasteiger partial charge in [0, 0.05) is 24.5 Å². The number of benzene rings is 1. The number of hydrogen-bond acceptors (Lipinski definition) is 5. The molecule has 6 heteroatoms. The molecule has 1 aliphatic rings. The zero-order chi connectivity index (χ0) is 18.5. The highest BCUT2D eigenvalue weighted by atomic mass is 32.1. The van der Waals surface area contributed by atoms with Gasteiger partial charge in [-0.15, -0.1) is 11.3 Å². The Kier molecular flexibility index (Phi) is 6.14. The molecule has 0 bridgehead atoms. The van der Waals surface area contributed by atoms with E-state index in [1.165, 1.54) is 24.2 Å². The Bertz CT molecular complexity index is 721. The van der Waals surface area contributed by atoms with E-state index in [4.69, 9.17) is 9.84 Å². The number of carboxylic acids is 1. The molecule has 0 saturated heterocycles. The molecule has 1 saturated carbocycles. The van der Waals surface area contributed by atoms with E-state index in [1.807, 2.05) is 41.6 Å². The topological polar surface area (TPSA) is 62.7 Å². The minimum absolute atomic E-state index is 0.109. The molecule has 0 aliphatic heterocycles. The molecular weight excluding hydrogens is 348 g/mol. The minimum Gasteiger partial charge on any atom is -0.490 e. The van der Waals surface area contributed by atoms with E-state index in [-0.39, 0.29) is 6.42 Å². The zero-order valence-corrected chi connectivity index (χ0v) is 16.2. The Morgan fingerprint density at radius 1 is 1.27 bits per heavy atom. The Balaban J connectivity index is 1.59. The largest absolute Gasteiger partial charge is 0.490 e. The molecule has 0 radical (unpaired) electrons. The van der Waals surface area contributed by atoms with Crippen molar-refractivity contribution in [2.45, 2.75) is 45.1 Å². The van der Waals surface area contributed by atoms with Crippen molar-refractivity contribution in [3.05, 3.63) is 29.6 Å². The van der Waals surface area contributed by atoms with Crippen LogP contribution in [-0.4, -0.2) is 35.8 Å². The quantitative estimate of drug-likeness (QED) is 0.762. The highest BCUT2D eigenvalue weighted by Crippen LogP contribution is 2.30. The van der Waals surface area contributed by atoms with Crippen LogP contribution in [0.4, 0.5) is 5.13 Å². The van der Waals surface area contributed by atoms with E-state index < -0.39 is 5.97 Å². The summed E-state index contributed by atoms with van der Waals surface area (Å²) in [6.45, 7) is 2.77. The van der Waals surface area contributed by atoms with Crippen LogP contribution in [0.5, 0.6) is 5.75 Å². The van der Waals surface area contributed by atoms with Crippen LogP contribution in [0.3, 0.4) is 0 Å². The van der Waals surface area contributed by atoms with Gasteiger partial charge in [-0.25, -0.2) is 4.98 Å². The highest BCUT2D eigenvalue weighted by Gasteiger charge is 2.19. The van der Waals surface area contributed by atoms with Crippen LogP contribution in [0.2, 0.25) is 0 Å². The Labute approximate surface area is 158 Å².